The first-order valence-corrected chi connectivity index (χ1v) is 9.72. The van der Waals surface area contributed by atoms with Crippen LogP contribution in [-0.2, 0) is 15.7 Å². The lowest BCUT2D eigenvalue weighted by atomic mass is 9.78. The quantitative estimate of drug-likeness (QED) is 0.762. The van der Waals surface area contributed by atoms with E-state index in [1.165, 1.54) is 4.90 Å². The Morgan fingerprint density at radius 2 is 2.00 bits per heavy atom. The number of nitrogens with two attached hydrogens (primary N) is 1. The van der Waals surface area contributed by atoms with Gasteiger partial charge in [-0.25, -0.2) is 14.8 Å². The van der Waals surface area contributed by atoms with Gasteiger partial charge in [0, 0.05) is 12.1 Å². The molecule has 11 heteroatoms. The SMILES string of the molecule is Nc1cc(C(F)(F)F)ncc1NC(=O)[C@H]1CC[C@]2(CC1)CN(c1ccccn1)C(=O)O2. The summed E-state index contributed by atoms with van der Waals surface area (Å²) in [7, 11) is 0. The van der Waals surface area contributed by atoms with Crippen LogP contribution >= 0.6 is 0 Å². The van der Waals surface area contributed by atoms with Gasteiger partial charge in [-0.1, -0.05) is 6.07 Å². The largest absolute Gasteiger partial charge is 0.441 e. The average Bonchev–Trinajstić information content (AvgIpc) is 3.05. The Balaban J connectivity index is 1.37. The Morgan fingerprint density at radius 1 is 1.26 bits per heavy atom. The first kappa shape index (κ1) is 20.9. The van der Waals surface area contributed by atoms with Crippen molar-refractivity contribution in [2.75, 3.05) is 22.5 Å². The molecular formula is C20H20F3N5O3. The van der Waals surface area contributed by atoms with Gasteiger partial charge in [-0.15, -0.1) is 0 Å². The van der Waals surface area contributed by atoms with Gasteiger partial charge >= 0.3 is 12.3 Å². The number of ether oxygens (including phenoxy) is 1. The Kier molecular flexibility index (Phi) is 5.19. The molecule has 2 amide bonds. The van der Waals surface area contributed by atoms with Crippen LogP contribution in [-0.4, -0.2) is 34.1 Å². The van der Waals surface area contributed by atoms with E-state index in [1.807, 2.05) is 0 Å². The number of carbonyl (C=O) groups excluding carboxylic acids is 2. The molecule has 0 aromatic carbocycles. The highest BCUT2D eigenvalue weighted by Crippen LogP contribution is 2.41. The summed E-state index contributed by atoms with van der Waals surface area (Å²) in [4.78, 5) is 33.9. The molecule has 1 aliphatic carbocycles. The first-order chi connectivity index (χ1) is 14.7. The molecule has 0 atom stereocenters. The number of hydrogen-bond acceptors (Lipinski definition) is 6. The number of alkyl halides is 3. The number of halogens is 3. The Bertz CT molecular complexity index is 991. The molecule has 3 heterocycles. The van der Waals surface area contributed by atoms with E-state index >= 15 is 0 Å². The van der Waals surface area contributed by atoms with Crippen molar-refractivity contribution in [1.82, 2.24) is 9.97 Å². The Morgan fingerprint density at radius 3 is 2.61 bits per heavy atom. The van der Waals surface area contributed by atoms with Crippen LogP contribution in [0.4, 0.5) is 35.2 Å². The van der Waals surface area contributed by atoms with Crippen molar-refractivity contribution in [2.45, 2.75) is 37.5 Å². The van der Waals surface area contributed by atoms with E-state index in [0.717, 1.165) is 6.20 Å². The molecule has 2 aliphatic rings. The number of nitrogens with zero attached hydrogens (tertiary/aromatic N) is 3. The average molecular weight is 435 g/mol. The molecule has 4 rings (SSSR count). The molecular weight excluding hydrogens is 415 g/mol. The molecule has 164 valence electrons. The van der Waals surface area contributed by atoms with Gasteiger partial charge in [0.05, 0.1) is 24.1 Å². The van der Waals surface area contributed by atoms with Crippen LogP contribution in [0.5, 0.6) is 0 Å². The molecule has 1 aliphatic heterocycles. The third kappa shape index (κ3) is 4.25. The highest BCUT2D eigenvalue weighted by molar-refractivity contribution is 5.95. The van der Waals surface area contributed by atoms with E-state index in [0.29, 0.717) is 44.1 Å². The molecule has 1 spiro atoms. The highest BCUT2D eigenvalue weighted by atomic mass is 19.4. The van der Waals surface area contributed by atoms with Crippen LogP contribution in [0.2, 0.25) is 0 Å². The van der Waals surface area contributed by atoms with Gasteiger partial charge in [-0.05, 0) is 43.9 Å². The first-order valence-electron chi connectivity index (χ1n) is 9.72. The fraction of sp³-hybridized carbons (Fsp3) is 0.400. The Hall–Kier alpha value is -3.37. The molecule has 31 heavy (non-hydrogen) atoms. The summed E-state index contributed by atoms with van der Waals surface area (Å²) in [6, 6.07) is 5.95. The summed E-state index contributed by atoms with van der Waals surface area (Å²) < 4.78 is 43.8. The third-order valence-electron chi connectivity index (χ3n) is 5.65. The maximum atomic E-state index is 12.7. The minimum absolute atomic E-state index is 0.0342. The second-order valence-electron chi connectivity index (χ2n) is 7.74. The van der Waals surface area contributed by atoms with Crippen molar-refractivity contribution < 1.29 is 27.5 Å². The zero-order valence-electron chi connectivity index (χ0n) is 16.4. The number of carbonyl (C=O) groups is 2. The molecule has 3 N–H and O–H groups in total. The van der Waals surface area contributed by atoms with Crippen LogP contribution in [0, 0.1) is 5.92 Å². The van der Waals surface area contributed by atoms with Crippen LogP contribution in [0.25, 0.3) is 0 Å². The lowest BCUT2D eigenvalue weighted by Crippen LogP contribution is -2.41. The van der Waals surface area contributed by atoms with Gasteiger partial charge in [0.2, 0.25) is 5.91 Å². The standard InChI is InChI=1S/C20H20F3N5O3/c21-20(22,23)15-9-13(24)14(10-26-15)27-17(29)12-4-6-19(7-5-12)11-28(18(30)31-19)16-3-1-2-8-25-16/h1-3,8-10,12H,4-7,11H2,(H2,24,26)(H,27,29)/t12-,19-. The maximum Gasteiger partial charge on any atom is 0.433 e. The van der Waals surface area contributed by atoms with Gasteiger partial charge in [-0.2, -0.15) is 13.2 Å². The molecule has 1 saturated carbocycles. The molecule has 0 bridgehead atoms. The van der Waals surface area contributed by atoms with Gasteiger partial charge in [0.15, 0.2) is 0 Å². The summed E-state index contributed by atoms with van der Waals surface area (Å²) in [5, 5.41) is 2.56. The number of nitrogen functional groups attached to an aromatic ring is 1. The van der Waals surface area contributed by atoms with E-state index in [9.17, 15) is 22.8 Å². The summed E-state index contributed by atoms with van der Waals surface area (Å²) in [6.45, 7) is 0.354. The number of rotatable bonds is 3. The van der Waals surface area contributed by atoms with Gasteiger partial charge in [0.1, 0.15) is 17.1 Å². The summed E-state index contributed by atoms with van der Waals surface area (Å²) in [5.74, 6) is -0.224. The maximum absolute atomic E-state index is 12.7. The topological polar surface area (TPSA) is 110 Å². The second-order valence-corrected chi connectivity index (χ2v) is 7.74. The molecule has 8 nitrogen and oxygen atoms in total. The lowest BCUT2D eigenvalue weighted by molar-refractivity contribution is -0.141. The van der Waals surface area contributed by atoms with Crippen molar-refractivity contribution in [3.05, 3.63) is 42.4 Å². The highest BCUT2D eigenvalue weighted by Gasteiger charge is 2.48. The van der Waals surface area contributed by atoms with E-state index in [1.54, 1.807) is 24.4 Å². The second kappa shape index (κ2) is 7.71. The van der Waals surface area contributed by atoms with Crippen molar-refractivity contribution in [3.8, 4) is 0 Å². The minimum atomic E-state index is -4.61. The van der Waals surface area contributed by atoms with Gasteiger partial charge in [0.25, 0.3) is 0 Å². The molecule has 0 unspecified atom stereocenters. The van der Waals surface area contributed by atoms with E-state index in [-0.39, 0.29) is 23.2 Å². The van der Waals surface area contributed by atoms with E-state index in [4.69, 9.17) is 10.5 Å². The number of hydrogen-bond donors (Lipinski definition) is 2. The molecule has 2 fully saturated rings. The van der Waals surface area contributed by atoms with Crippen molar-refractivity contribution >= 4 is 29.2 Å². The van der Waals surface area contributed by atoms with Crippen LogP contribution in [0.15, 0.2) is 36.7 Å². The minimum Gasteiger partial charge on any atom is -0.441 e. The number of anilines is 3. The van der Waals surface area contributed by atoms with Crippen LogP contribution in [0.1, 0.15) is 31.4 Å². The van der Waals surface area contributed by atoms with Crippen molar-refractivity contribution in [3.63, 3.8) is 0 Å². The van der Waals surface area contributed by atoms with E-state index < -0.39 is 23.6 Å². The normalized spacial score (nSPS) is 23.6. The Labute approximate surface area is 175 Å². The summed E-state index contributed by atoms with van der Waals surface area (Å²) in [5.41, 5.74) is 3.67. The predicted octanol–water partition coefficient (Wildman–Crippen LogP) is 3.60. The van der Waals surface area contributed by atoms with Crippen LogP contribution < -0.4 is 16.0 Å². The monoisotopic (exact) mass is 435 g/mol. The molecule has 0 radical (unpaired) electrons. The van der Waals surface area contributed by atoms with Gasteiger partial charge in [-0.3, -0.25) is 9.69 Å². The lowest BCUT2D eigenvalue weighted by Gasteiger charge is -2.34. The van der Waals surface area contributed by atoms with Crippen molar-refractivity contribution in [1.29, 1.82) is 0 Å². The van der Waals surface area contributed by atoms with Crippen molar-refractivity contribution in [2.24, 2.45) is 5.92 Å². The zero-order chi connectivity index (χ0) is 22.2. The predicted molar refractivity (Wildman–Crippen MR) is 105 cm³/mol. The molecule has 1 saturated heterocycles. The molecule has 2 aromatic rings. The van der Waals surface area contributed by atoms with Crippen LogP contribution in [0.3, 0.4) is 0 Å². The fourth-order valence-corrected chi connectivity index (χ4v) is 3.94. The third-order valence-corrected chi connectivity index (χ3v) is 5.65. The van der Waals surface area contributed by atoms with Gasteiger partial charge < -0.3 is 15.8 Å². The number of nitrogens with one attached hydrogen (secondary N) is 1. The smallest absolute Gasteiger partial charge is 0.433 e. The number of amides is 2. The zero-order valence-corrected chi connectivity index (χ0v) is 16.4. The van der Waals surface area contributed by atoms with E-state index in [2.05, 4.69) is 15.3 Å². The summed E-state index contributed by atoms with van der Waals surface area (Å²) >= 11 is 0. The number of pyridine rings is 2. The molecule has 2 aromatic heterocycles. The summed E-state index contributed by atoms with van der Waals surface area (Å²) in [6.07, 6.45) is -0.685. The number of aromatic nitrogens is 2. The fourth-order valence-electron chi connectivity index (χ4n) is 3.94.